The van der Waals surface area contributed by atoms with Crippen LogP contribution in [0.5, 0.6) is 17.5 Å². The normalized spacial score (nSPS) is 17.1. The number of halogens is 2. The molecule has 1 fully saturated rings. The first-order chi connectivity index (χ1) is 15.1. The van der Waals surface area contributed by atoms with Crippen molar-refractivity contribution in [2.75, 3.05) is 25.0 Å². The average Bonchev–Trinajstić information content (AvgIpc) is 2.78. The van der Waals surface area contributed by atoms with E-state index in [1.165, 1.54) is 31.7 Å². The van der Waals surface area contributed by atoms with Crippen LogP contribution in [-0.2, 0) is 4.74 Å². The van der Waals surface area contributed by atoms with E-state index < -0.39 is 6.36 Å². The topological polar surface area (TPSA) is 103 Å². The summed E-state index contributed by atoms with van der Waals surface area (Å²) in [6.07, 6.45) is 4.10. The molecule has 1 unspecified atom stereocenters. The monoisotopic (exact) mass is 446 g/mol. The summed E-state index contributed by atoms with van der Waals surface area (Å²) in [6.45, 7) is 3.54. The molecule has 1 saturated heterocycles. The van der Waals surface area contributed by atoms with Gasteiger partial charge in [-0.15, -0.1) is 0 Å². The van der Waals surface area contributed by atoms with Crippen molar-refractivity contribution in [3.8, 4) is 17.5 Å². The predicted molar refractivity (Wildman–Crippen MR) is 112 cm³/mol. The zero-order valence-corrected chi connectivity index (χ0v) is 17.3. The highest BCUT2D eigenvalue weighted by Gasteiger charge is 2.17. The molecular weight excluding hydrogens is 427 g/mol. The van der Waals surface area contributed by atoms with Gasteiger partial charge >= 0.3 is 6.01 Å². The van der Waals surface area contributed by atoms with Crippen molar-refractivity contribution < 1.29 is 18.6 Å². The van der Waals surface area contributed by atoms with E-state index in [-0.39, 0.29) is 17.9 Å². The number of nitrogens with one attached hydrogen (secondary N) is 2. The van der Waals surface area contributed by atoms with Crippen LogP contribution in [0.15, 0.2) is 43.0 Å². The van der Waals surface area contributed by atoms with Gasteiger partial charge in [-0.1, -0.05) is 17.7 Å². The summed E-state index contributed by atoms with van der Waals surface area (Å²) >= 11 is 6.41. The summed E-state index contributed by atoms with van der Waals surface area (Å²) in [5.74, 6) is 0.882. The minimum Gasteiger partial charge on any atom is -0.457 e. The number of morpholine rings is 1. The molecule has 11 heteroatoms. The quantitative estimate of drug-likeness (QED) is 0.560. The van der Waals surface area contributed by atoms with Crippen molar-refractivity contribution in [2.24, 2.45) is 0 Å². The van der Waals surface area contributed by atoms with Crippen LogP contribution in [0.4, 0.5) is 16.0 Å². The summed E-state index contributed by atoms with van der Waals surface area (Å²) in [6, 6.07) is 5.74. The molecule has 0 spiro atoms. The Morgan fingerprint density at radius 3 is 2.55 bits per heavy atom. The minimum atomic E-state index is -1.45. The molecule has 162 valence electrons. The number of benzene rings is 1. The molecule has 4 rings (SSSR count). The Balaban J connectivity index is 1.37. The molecular formula is C20H20ClFN6O3. The molecule has 3 aromatic rings. The number of anilines is 2. The fourth-order valence-electron chi connectivity index (χ4n) is 2.88. The lowest BCUT2D eigenvalue weighted by molar-refractivity contribution is 0.0277. The number of aromatic nitrogens is 4. The lowest BCUT2D eigenvalue weighted by Gasteiger charge is -2.24. The van der Waals surface area contributed by atoms with Crippen molar-refractivity contribution in [3.63, 3.8) is 0 Å². The van der Waals surface area contributed by atoms with Crippen molar-refractivity contribution in [1.29, 1.82) is 0 Å². The third-order valence-corrected chi connectivity index (χ3v) is 4.59. The number of alkyl halides is 1. The summed E-state index contributed by atoms with van der Waals surface area (Å²) < 4.78 is 28.9. The Bertz CT molecular complexity index is 1000. The zero-order valence-electron chi connectivity index (χ0n) is 16.6. The first-order valence-corrected chi connectivity index (χ1v) is 9.96. The van der Waals surface area contributed by atoms with Crippen molar-refractivity contribution >= 4 is 23.2 Å². The lowest BCUT2D eigenvalue weighted by Crippen LogP contribution is -2.33. The molecule has 1 aliphatic rings. The molecule has 2 N–H and O–H groups in total. The van der Waals surface area contributed by atoms with Crippen LogP contribution in [0, 0.1) is 0 Å². The summed E-state index contributed by atoms with van der Waals surface area (Å²) in [5.41, 5.74) is 1.67. The van der Waals surface area contributed by atoms with Gasteiger partial charge in [-0.25, -0.2) is 14.4 Å². The van der Waals surface area contributed by atoms with Crippen LogP contribution < -0.4 is 20.1 Å². The smallest absolute Gasteiger partial charge is 0.322 e. The van der Waals surface area contributed by atoms with Crippen LogP contribution >= 0.6 is 11.6 Å². The second kappa shape index (κ2) is 9.82. The van der Waals surface area contributed by atoms with Crippen molar-refractivity contribution in [1.82, 2.24) is 25.3 Å². The molecule has 0 aliphatic carbocycles. The Hall–Kier alpha value is -3.08. The van der Waals surface area contributed by atoms with E-state index in [4.69, 9.17) is 25.8 Å². The Kier molecular flexibility index (Phi) is 6.70. The Morgan fingerprint density at radius 1 is 1.16 bits per heavy atom. The molecule has 9 nitrogen and oxygen atoms in total. The van der Waals surface area contributed by atoms with Crippen molar-refractivity contribution in [2.45, 2.75) is 19.4 Å². The number of hydrogen-bond acceptors (Lipinski definition) is 9. The van der Waals surface area contributed by atoms with Gasteiger partial charge in [0.2, 0.25) is 12.3 Å². The molecule has 2 atom stereocenters. The van der Waals surface area contributed by atoms with E-state index in [9.17, 15) is 4.39 Å². The van der Waals surface area contributed by atoms with Gasteiger partial charge in [0.25, 0.3) is 0 Å². The van der Waals surface area contributed by atoms with E-state index in [0.29, 0.717) is 29.0 Å². The lowest BCUT2D eigenvalue weighted by atomic mass is 10.1. The molecule has 0 radical (unpaired) electrons. The highest BCUT2D eigenvalue weighted by Crippen LogP contribution is 2.29. The molecule has 0 bridgehead atoms. The third kappa shape index (κ3) is 5.75. The highest BCUT2D eigenvalue weighted by molar-refractivity contribution is 6.33. The van der Waals surface area contributed by atoms with Gasteiger partial charge in [0.1, 0.15) is 0 Å². The van der Waals surface area contributed by atoms with E-state index >= 15 is 0 Å². The van der Waals surface area contributed by atoms with Crippen molar-refractivity contribution in [3.05, 3.63) is 53.6 Å². The Morgan fingerprint density at radius 2 is 1.90 bits per heavy atom. The Labute approximate surface area is 183 Å². The maximum absolute atomic E-state index is 12.8. The molecule has 2 aromatic heterocycles. The summed E-state index contributed by atoms with van der Waals surface area (Å²) in [5, 5.41) is 6.90. The van der Waals surface area contributed by atoms with Gasteiger partial charge in [0.15, 0.2) is 11.5 Å². The van der Waals surface area contributed by atoms with Gasteiger partial charge in [-0.2, -0.15) is 9.97 Å². The number of ether oxygens (including phenoxy) is 3. The molecule has 1 aliphatic heterocycles. The van der Waals surface area contributed by atoms with Gasteiger partial charge in [-0.3, -0.25) is 0 Å². The van der Waals surface area contributed by atoms with Crippen LogP contribution in [0.1, 0.15) is 18.6 Å². The fourth-order valence-corrected chi connectivity index (χ4v) is 3.11. The van der Waals surface area contributed by atoms with E-state index in [1.807, 2.05) is 18.2 Å². The molecule has 1 aromatic carbocycles. The van der Waals surface area contributed by atoms with Crippen LogP contribution in [0.25, 0.3) is 0 Å². The van der Waals surface area contributed by atoms with Gasteiger partial charge in [-0.05, 0) is 17.7 Å². The SMILES string of the molecule is CC(F)Oc1cnc(Oc2cnc(Nc3ccc([C@@H]4CNCCO4)cc3Cl)nc2)nc1. The standard InChI is InChI=1S/C20H20ClFN6O3/c1-12(22)30-14-9-26-20(27-10-14)31-15-7-24-19(25-8-15)28-17-3-2-13(6-16(17)21)18-11-23-4-5-29-18/h2-3,6-10,12,18,23H,4-5,11H2,1H3,(H,24,25,28)/t12?,18-/m0/s1. The maximum Gasteiger partial charge on any atom is 0.322 e. The second-order valence-electron chi connectivity index (χ2n) is 6.63. The highest BCUT2D eigenvalue weighted by atomic mass is 35.5. The minimum absolute atomic E-state index is 0.0174. The van der Waals surface area contributed by atoms with Gasteiger partial charge in [0.05, 0.1) is 48.2 Å². The van der Waals surface area contributed by atoms with E-state index in [1.54, 1.807) is 0 Å². The largest absolute Gasteiger partial charge is 0.457 e. The van der Waals surface area contributed by atoms with Crippen LogP contribution in [-0.4, -0.2) is 46.0 Å². The van der Waals surface area contributed by atoms with Gasteiger partial charge in [0, 0.05) is 20.0 Å². The fraction of sp³-hybridized carbons (Fsp3) is 0.300. The number of hydrogen-bond donors (Lipinski definition) is 2. The van der Waals surface area contributed by atoms with Gasteiger partial charge < -0.3 is 24.8 Å². The third-order valence-electron chi connectivity index (χ3n) is 4.28. The summed E-state index contributed by atoms with van der Waals surface area (Å²) in [4.78, 5) is 16.3. The first-order valence-electron chi connectivity index (χ1n) is 9.58. The zero-order chi connectivity index (χ0) is 21.6. The summed E-state index contributed by atoms with van der Waals surface area (Å²) in [7, 11) is 0. The molecule has 31 heavy (non-hydrogen) atoms. The molecule has 3 heterocycles. The number of nitrogens with zero attached hydrogens (tertiary/aromatic N) is 4. The maximum atomic E-state index is 12.8. The van der Waals surface area contributed by atoms with Crippen LogP contribution in [0.3, 0.4) is 0 Å². The molecule has 0 saturated carbocycles. The average molecular weight is 447 g/mol. The number of rotatable bonds is 7. The molecule has 0 amide bonds. The second-order valence-corrected chi connectivity index (χ2v) is 7.04. The van der Waals surface area contributed by atoms with E-state index in [0.717, 1.165) is 18.7 Å². The predicted octanol–water partition coefficient (Wildman–Crippen LogP) is 3.81. The van der Waals surface area contributed by atoms with E-state index in [2.05, 4.69) is 30.6 Å². The van der Waals surface area contributed by atoms with Crippen LogP contribution in [0.2, 0.25) is 5.02 Å². The first kappa shape index (κ1) is 21.2.